The standard InChI is InChI=1S/C14H15BrN6O2S2/c1-10-19-12(9-13(20-10)21-8-2-5-17-21)16-6-7-18-25(22,23)14-4-3-11(15)24-14/h2-5,8-9,18H,6-7H2,1H3,(H,16,19,20). The van der Waals surface area contributed by atoms with Crippen LogP contribution in [0.15, 0.2) is 44.7 Å². The number of nitrogens with zero attached hydrogens (tertiary/aromatic N) is 4. The van der Waals surface area contributed by atoms with Gasteiger partial charge in [0.15, 0.2) is 5.82 Å². The summed E-state index contributed by atoms with van der Waals surface area (Å²) in [4.78, 5) is 8.62. The maximum absolute atomic E-state index is 12.1. The monoisotopic (exact) mass is 442 g/mol. The van der Waals surface area contributed by atoms with Crippen molar-refractivity contribution in [2.24, 2.45) is 0 Å². The number of halogens is 1. The van der Waals surface area contributed by atoms with E-state index in [1.165, 1.54) is 11.3 Å². The molecule has 0 aliphatic rings. The minimum Gasteiger partial charge on any atom is -0.369 e. The summed E-state index contributed by atoms with van der Waals surface area (Å²) in [6.07, 6.45) is 3.46. The molecule has 0 aliphatic heterocycles. The molecular weight excluding hydrogens is 428 g/mol. The summed E-state index contributed by atoms with van der Waals surface area (Å²) in [7, 11) is -3.49. The molecule has 11 heteroatoms. The Morgan fingerprint density at radius 3 is 2.80 bits per heavy atom. The van der Waals surface area contributed by atoms with Crippen LogP contribution in [0.2, 0.25) is 0 Å². The fourth-order valence-electron chi connectivity index (χ4n) is 2.05. The molecule has 0 amide bonds. The van der Waals surface area contributed by atoms with Crippen LogP contribution in [0.1, 0.15) is 5.82 Å². The van der Waals surface area contributed by atoms with Gasteiger partial charge in [0.25, 0.3) is 0 Å². The minimum atomic E-state index is -3.49. The van der Waals surface area contributed by atoms with E-state index in [-0.39, 0.29) is 10.8 Å². The van der Waals surface area contributed by atoms with Gasteiger partial charge >= 0.3 is 0 Å². The zero-order valence-corrected chi connectivity index (χ0v) is 16.4. The highest BCUT2D eigenvalue weighted by molar-refractivity contribution is 9.11. The van der Waals surface area contributed by atoms with Crippen LogP contribution in [0.3, 0.4) is 0 Å². The van der Waals surface area contributed by atoms with Gasteiger partial charge in [-0.3, -0.25) is 0 Å². The van der Waals surface area contributed by atoms with E-state index in [4.69, 9.17) is 0 Å². The molecule has 0 radical (unpaired) electrons. The Bertz CT molecular complexity index is 956. The van der Waals surface area contributed by atoms with Crippen LogP contribution in [0.5, 0.6) is 0 Å². The van der Waals surface area contributed by atoms with Gasteiger partial charge in [0.05, 0.1) is 3.79 Å². The highest BCUT2D eigenvalue weighted by Crippen LogP contribution is 2.25. The molecule has 3 aromatic heterocycles. The van der Waals surface area contributed by atoms with Crippen LogP contribution in [0.4, 0.5) is 5.82 Å². The van der Waals surface area contributed by atoms with Crippen LogP contribution in [-0.2, 0) is 10.0 Å². The van der Waals surface area contributed by atoms with Crippen molar-refractivity contribution in [3.63, 3.8) is 0 Å². The van der Waals surface area contributed by atoms with Gasteiger partial charge in [-0.2, -0.15) is 5.10 Å². The fraction of sp³-hybridized carbons (Fsp3) is 0.214. The molecule has 3 rings (SSSR count). The summed E-state index contributed by atoms with van der Waals surface area (Å²) in [5.74, 6) is 1.85. The molecule has 3 aromatic rings. The molecular formula is C14H15BrN6O2S2. The van der Waals surface area contributed by atoms with Gasteiger partial charge in [-0.25, -0.2) is 27.8 Å². The minimum absolute atomic E-state index is 0.234. The van der Waals surface area contributed by atoms with Gasteiger partial charge in [0, 0.05) is 31.5 Å². The molecule has 0 bridgehead atoms. The second-order valence-corrected chi connectivity index (χ2v) is 9.45. The Morgan fingerprint density at radius 2 is 2.12 bits per heavy atom. The van der Waals surface area contributed by atoms with Crippen LogP contribution >= 0.6 is 27.3 Å². The lowest BCUT2D eigenvalue weighted by Gasteiger charge is -2.09. The van der Waals surface area contributed by atoms with Gasteiger partial charge in [0.1, 0.15) is 15.9 Å². The molecule has 0 aromatic carbocycles. The van der Waals surface area contributed by atoms with E-state index in [0.29, 0.717) is 24.0 Å². The SMILES string of the molecule is Cc1nc(NCCNS(=O)(=O)c2ccc(Br)s2)cc(-n2cccn2)n1. The van der Waals surface area contributed by atoms with E-state index < -0.39 is 10.0 Å². The Labute approximate surface area is 157 Å². The maximum atomic E-state index is 12.1. The van der Waals surface area contributed by atoms with E-state index in [2.05, 4.69) is 41.0 Å². The van der Waals surface area contributed by atoms with Crippen molar-refractivity contribution in [1.29, 1.82) is 0 Å². The molecule has 0 atom stereocenters. The average molecular weight is 443 g/mol. The molecule has 132 valence electrons. The molecule has 0 unspecified atom stereocenters. The van der Waals surface area contributed by atoms with Crippen molar-refractivity contribution < 1.29 is 8.42 Å². The van der Waals surface area contributed by atoms with Gasteiger partial charge < -0.3 is 5.32 Å². The van der Waals surface area contributed by atoms with Gasteiger partial charge in [0.2, 0.25) is 10.0 Å². The average Bonchev–Trinajstić information content (AvgIpc) is 3.23. The lowest BCUT2D eigenvalue weighted by Crippen LogP contribution is -2.28. The molecule has 2 N–H and O–H groups in total. The number of sulfonamides is 1. The molecule has 8 nitrogen and oxygen atoms in total. The van der Waals surface area contributed by atoms with Crippen LogP contribution in [-0.4, -0.2) is 41.3 Å². The van der Waals surface area contributed by atoms with E-state index >= 15 is 0 Å². The third-order valence-electron chi connectivity index (χ3n) is 3.10. The predicted molar refractivity (Wildman–Crippen MR) is 99.6 cm³/mol. The molecule has 25 heavy (non-hydrogen) atoms. The van der Waals surface area contributed by atoms with Gasteiger partial charge in [-0.15, -0.1) is 11.3 Å². The van der Waals surface area contributed by atoms with Crippen LogP contribution < -0.4 is 10.0 Å². The number of rotatable bonds is 7. The Hall–Kier alpha value is -1.82. The number of thiophene rings is 1. The maximum Gasteiger partial charge on any atom is 0.250 e. The van der Waals surface area contributed by atoms with Crippen molar-refractivity contribution in [2.45, 2.75) is 11.1 Å². The Balaban J connectivity index is 1.59. The second kappa shape index (κ2) is 7.60. The largest absolute Gasteiger partial charge is 0.369 e. The summed E-state index contributed by atoms with van der Waals surface area (Å²) in [6, 6.07) is 6.83. The molecule has 0 fully saturated rings. The molecule has 0 saturated heterocycles. The summed E-state index contributed by atoms with van der Waals surface area (Å²) < 4.78 is 29.5. The third kappa shape index (κ3) is 4.63. The predicted octanol–water partition coefficient (Wildman–Crippen LogP) is 2.19. The topological polar surface area (TPSA) is 102 Å². The third-order valence-corrected chi connectivity index (χ3v) is 6.68. The first kappa shape index (κ1) is 18.0. The molecule has 0 aliphatic carbocycles. The molecule has 3 heterocycles. The lowest BCUT2D eigenvalue weighted by molar-refractivity contribution is 0.585. The van der Waals surface area contributed by atoms with E-state index in [9.17, 15) is 8.42 Å². The van der Waals surface area contributed by atoms with Crippen molar-refractivity contribution >= 4 is 43.1 Å². The van der Waals surface area contributed by atoms with Gasteiger partial charge in [-0.05, 0) is 41.1 Å². The molecule has 0 saturated carbocycles. The normalized spacial score (nSPS) is 11.6. The number of anilines is 1. The number of aryl methyl sites for hydroxylation is 1. The number of aromatic nitrogens is 4. The summed E-state index contributed by atoms with van der Waals surface area (Å²) in [5, 5.41) is 7.23. The Morgan fingerprint density at radius 1 is 1.28 bits per heavy atom. The van der Waals surface area contributed by atoms with Crippen LogP contribution in [0, 0.1) is 6.92 Å². The quantitative estimate of drug-likeness (QED) is 0.543. The first-order valence-electron chi connectivity index (χ1n) is 7.29. The second-order valence-electron chi connectivity index (χ2n) is 4.99. The van der Waals surface area contributed by atoms with Crippen molar-refractivity contribution in [1.82, 2.24) is 24.5 Å². The summed E-state index contributed by atoms with van der Waals surface area (Å²) in [6.45, 7) is 2.41. The van der Waals surface area contributed by atoms with Crippen molar-refractivity contribution in [3.8, 4) is 5.82 Å². The van der Waals surface area contributed by atoms with Crippen molar-refractivity contribution in [3.05, 3.63) is 46.3 Å². The zero-order valence-electron chi connectivity index (χ0n) is 13.2. The number of nitrogens with one attached hydrogen (secondary N) is 2. The summed E-state index contributed by atoms with van der Waals surface area (Å²) >= 11 is 4.43. The number of hydrogen-bond donors (Lipinski definition) is 2. The van der Waals surface area contributed by atoms with Crippen LogP contribution in [0.25, 0.3) is 5.82 Å². The first-order valence-corrected chi connectivity index (χ1v) is 10.4. The van der Waals surface area contributed by atoms with E-state index in [0.717, 1.165) is 3.79 Å². The highest BCUT2D eigenvalue weighted by atomic mass is 79.9. The van der Waals surface area contributed by atoms with E-state index in [1.807, 2.05) is 6.07 Å². The highest BCUT2D eigenvalue weighted by Gasteiger charge is 2.15. The Kier molecular flexibility index (Phi) is 5.47. The van der Waals surface area contributed by atoms with E-state index in [1.54, 1.807) is 42.2 Å². The fourth-order valence-corrected chi connectivity index (χ4v) is 5.14. The summed E-state index contributed by atoms with van der Waals surface area (Å²) in [5.41, 5.74) is 0. The first-order chi connectivity index (χ1) is 11.9. The smallest absolute Gasteiger partial charge is 0.250 e. The van der Waals surface area contributed by atoms with Gasteiger partial charge in [-0.1, -0.05) is 0 Å². The lowest BCUT2D eigenvalue weighted by atomic mass is 10.4. The zero-order chi connectivity index (χ0) is 17.9. The van der Waals surface area contributed by atoms with Crippen molar-refractivity contribution in [2.75, 3.05) is 18.4 Å². The number of hydrogen-bond acceptors (Lipinski definition) is 7. The molecule has 0 spiro atoms.